The smallest absolute Gasteiger partial charge is 0.331 e. The second-order valence-corrected chi connectivity index (χ2v) is 6.76. The standard InChI is InChI=1S/C22H25N3O4/c1-4-24-21(27)18-8-6-7-9-19(18)25(22(24)28)15-20(26)23(3)14-16-10-12-17(13-11-16)29-5-2/h6-13H,4-5,14-15H2,1-3H3. The highest BCUT2D eigenvalue weighted by molar-refractivity contribution is 5.81. The Morgan fingerprint density at radius 1 is 1.00 bits per heavy atom. The number of amides is 1. The molecule has 0 saturated carbocycles. The van der Waals surface area contributed by atoms with Crippen LogP contribution in [0.1, 0.15) is 19.4 Å². The molecule has 152 valence electrons. The Morgan fingerprint density at radius 3 is 2.34 bits per heavy atom. The summed E-state index contributed by atoms with van der Waals surface area (Å²) < 4.78 is 7.96. The van der Waals surface area contributed by atoms with E-state index in [1.165, 1.54) is 4.57 Å². The van der Waals surface area contributed by atoms with Crippen molar-refractivity contribution in [1.82, 2.24) is 14.0 Å². The molecule has 7 heteroatoms. The Labute approximate surface area is 168 Å². The van der Waals surface area contributed by atoms with E-state index in [1.54, 1.807) is 43.1 Å². The molecule has 1 heterocycles. The van der Waals surface area contributed by atoms with Crippen molar-refractivity contribution in [2.75, 3.05) is 13.7 Å². The Balaban J connectivity index is 1.85. The van der Waals surface area contributed by atoms with Crippen LogP contribution in [0, 0.1) is 0 Å². The molecule has 0 radical (unpaired) electrons. The van der Waals surface area contributed by atoms with Gasteiger partial charge in [0.15, 0.2) is 0 Å². The van der Waals surface area contributed by atoms with Gasteiger partial charge in [-0.2, -0.15) is 0 Å². The van der Waals surface area contributed by atoms with E-state index in [2.05, 4.69) is 0 Å². The minimum Gasteiger partial charge on any atom is -0.494 e. The first-order valence-electron chi connectivity index (χ1n) is 9.64. The maximum Gasteiger partial charge on any atom is 0.331 e. The van der Waals surface area contributed by atoms with Crippen LogP contribution in [0.2, 0.25) is 0 Å². The van der Waals surface area contributed by atoms with Crippen molar-refractivity contribution in [3.63, 3.8) is 0 Å². The van der Waals surface area contributed by atoms with Gasteiger partial charge in [-0.1, -0.05) is 24.3 Å². The number of para-hydroxylation sites is 1. The monoisotopic (exact) mass is 395 g/mol. The average Bonchev–Trinajstić information content (AvgIpc) is 2.73. The summed E-state index contributed by atoms with van der Waals surface area (Å²) in [6.07, 6.45) is 0. The summed E-state index contributed by atoms with van der Waals surface area (Å²) in [4.78, 5) is 39.7. The summed E-state index contributed by atoms with van der Waals surface area (Å²) in [6, 6.07) is 14.4. The largest absolute Gasteiger partial charge is 0.494 e. The van der Waals surface area contributed by atoms with Crippen molar-refractivity contribution in [2.45, 2.75) is 33.5 Å². The van der Waals surface area contributed by atoms with Crippen LogP contribution >= 0.6 is 0 Å². The molecule has 1 amide bonds. The highest BCUT2D eigenvalue weighted by Crippen LogP contribution is 2.14. The molecule has 2 aromatic carbocycles. The number of rotatable bonds is 7. The van der Waals surface area contributed by atoms with Crippen LogP contribution in [0.4, 0.5) is 0 Å². The van der Waals surface area contributed by atoms with Crippen molar-refractivity contribution in [3.05, 3.63) is 74.9 Å². The molecule has 3 rings (SSSR count). The Kier molecular flexibility index (Phi) is 6.16. The fourth-order valence-corrected chi connectivity index (χ4v) is 3.28. The third kappa shape index (κ3) is 4.23. The summed E-state index contributed by atoms with van der Waals surface area (Å²) >= 11 is 0. The number of fused-ring (bicyclic) bond motifs is 1. The van der Waals surface area contributed by atoms with Crippen molar-refractivity contribution >= 4 is 16.8 Å². The lowest BCUT2D eigenvalue weighted by molar-refractivity contribution is -0.131. The SMILES string of the molecule is CCOc1ccc(CN(C)C(=O)Cn2c(=O)n(CC)c(=O)c3ccccc32)cc1. The fourth-order valence-electron chi connectivity index (χ4n) is 3.28. The topological polar surface area (TPSA) is 73.5 Å². The van der Waals surface area contributed by atoms with Crippen LogP contribution in [0.3, 0.4) is 0 Å². The molecule has 0 bridgehead atoms. The Morgan fingerprint density at radius 2 is 1.69 bits per heavy atom. The normalized spacial score (nSPS) is 10.9. The quantitative estimate of drug-likeness (QED) is 0.615. The van der Waals surface area contributed by atoms with Gasteiger partial charge in [0.2, 0.25) is 5.91 Å². The molecule has 29 heavy (non-hydrogen) atoms. The average molecular weight is 395 g/mol. The molecule has 0 aliphatic carbocycles. The summed E-state index contributed by atoms with van der Waals surface area (Å²) in [6.45, 7) is 4.78. The zero-order valence-electron chi connectivity index (χ0n) is 16.9. The lowest BCUT2D eigenvalue weighted by atomic mass is 10.2. The molecule has 3 aromatic rings. The predicted octanol–water partition coefficient (Wildman–Crippen LogP) is 2.24. The molecule has 1 aromatic heterocycles. The molecule has 0 spiro atoms. The highest BCUT2D eigenvalue weighted by Gasteiger charge is 2.16. The van der Waals surface area contributed by atoms with E-state index in [-0.39, 0.29) is 24.6 Å². The third-order valence-electron chi connectivity index (χ3n) is 4.82. The maximum atomic E-state index is 12.8. The maximum absolute atomic E-state index is 12.8. The molecule has 7 nitrogen and oxygen atoms in total. The van der Waals surface area contributed by atoms with Gasteiger partial charge in [-0.15, -0.1) is 0 Å². The summed E-state index contributed by atoms with van der Waals surface area (Å²) in [5, 5.41) is 0.427. The number of hydrogen-bond donors (Lipinski definition) is 0. The second kappa shape index (κ2) is 8.77. The first kappa shape index (κ1) is 20.4. The number of aromatic nitrogens is 2. The lowest BCUT2D eigenvalue weighted by Gasteiger charge is -2.19. The first-order valence-corrected chi connectivity index (χ1v) is 9.64. The van der Waals surface area contributed by atoms with Gasteiger partial charge in [0.05, 0.1) is 17.5 Å². The molecule has 0 unspecified atom stereocenters. The van der Waals surface area contributed by atoms with Crippen molar-refractivity contribution < 1.29 is 9.53 Å². The van der Waals surface area contributed by atoms with E-state index < -0.39 is 5.69 Å². The molecule has 0 N–H and O–H groups in total. The summed E-state index contributed by atoms with van der Waals surface area (Å²) in [5.74, 6) is 0.567. The fraction of sp³-hybridized carbons (Fsp3) is 0.318. The number of likely N-dealkylation sites (N-methyl/N-ethyl adjacent to an activating group) is 1. The van der Waals surface area contributed by atoms with Gasteiger partial charge in [-0.25, -0.2) is 4.79 Å². The molecular formula is C22H25N3O4. The van der Waals surface area contributed by atoms with Crippen molar-refractivity contribution in [3.8, 4) is 5.75 Å². The van der Waals surface area contributed by atoms with Crippen molar-refractivity contribution in [1.29, 1.82) is 0 Å². The van der Waals surface area contributed by atoms with E-state index >= 15 is 0 Å². The molecule has 0 fully saturated rings. The second-order valence-electron chi connectivity index (χ2n) is 6.76. The number of hydrogen-bond acceptors (Lipinski definition) is 4. The number of benzene rings is 2. The van der Waals surface area contributed by atoms with E-state index in [1.807, 2.05) is 31.2 Å². The van der Waals surface area contributed by atoms with Gasteiger partial charge < -0.3 is 9.64 Å². The number of ether oxygens (including phenoxy) is 1. The number of nitrogens with zero attached hydrogens (tertiary/aromatic N) is 3. The van der Waals surface area contributed by atoms with Gasteiger partial charge in [0, 0.05) is 20.1 Å². The van der Waals surface area contributed by atoms with Crippen LogP contribution in [0.25, 0.3) is 10.9 Å². The number of carbonyl (C=O) groups excluding carboxylic acids is 1. The van der Waals surface area contributed by atoms with E-state index in [4.69, 9.17) is 4.74 Å². The van der Waals surface area contributed by atoms with Crippen molar-refractivity contribution in [2.24, 2.45) is 0 Å². The van der Waals surface area contributed by atoms with E-state index in [9.17, 15) is 14.4 Å². The lowest BCUT2D eigenvalue weighted by Crippen LogP contribution is -2.42. The van der Waals surface area contributed by atoms with Crippen LogP contribution in [-0.2, 0) is 24.4 Å². The van der Waals surface area contributed by atoms with Crippen LogP contribution in [0.15, 0.2) is 58.1 Å². The molecular weight excluding hydrogens is 370 g/mol. The third-order valence-corrected chi connectivity index (χ3v) is 4.82. The van der Waals surface area contributed by atoms with Gasteiger partial charge >= 0.3 is 5.69 Å². The zero-order valence-corrected chi connectivity index (χ0v) is 16.9. The van der Waals surface area contributed by atoms with Gasteiger partial charge in [-0.05, 0) is 43.7 Å². The first-order chi connectivity index (χ1) is 14.0. The minimum atomic E-state index is -0.473. The molecule has 0 atom stereocenters. The Bertz CT molecular complexity index is 1130. The highest BCUT2D eigenvalue weighted by atomic mass is 16.5. The summed E-state index contributed by atoms with van der Waals surface area (Å²) in [5.41, 5.74) is 0.619. The zero-order chi connectivity index (χ0) is 21.0. The van der Waals surface area contributed by atoms with E-state index in [0.29, 0.717) is 24.1 Å². The number of carbonyl (C=O) groups is 1. The van der Waals surface area contributed by atoms with Gasteiger partial charge in [0.25, 0.3) is 5.56 Å². The molecule has 0 saturated heterocycles. The molecule has 0 aliphatic rings. The van der Waals surface area contributed by atoms with Crippen LogP contribution in [0.5, 0.6) is 5.75 Å². The van der Waals surface area contributed by atoms with Gasteiger partial charge in [-0.3, -0.25) is 18.7 Å². The van der Waals surface area contributed by atoms with E-state index in [0.717, 1.165) is 15.9 Å². The van der Waals surface area contributed by atoms with Crippen LogP contribution in [-0.4, -0.2) is 33.6 Å². The Hall–Kier alpha value is -3.35. The van der Waals surface area contributed by atoms with Gasteiger partial charge in [0.1, 0.15) is 12.3 Å². The summed E-state index contributed by atoms with van der Waals surface area (Å²) in [7, 11) is 1.70. The predicted molar refractivity (Wildman–Crippen MR) is 112 cm³/mol. The minimum absolute atomic E-state index is 0.132. The van der Waals surface area contributed by atoms with Crippen LogP contribution < -0.4 is 16.0 Å². The molecule has 0 aliphatic heterocycles.